The highest BCUT2D eigenvalue weighted by Crippen LogP contribution is 2.41. The van der Waals surface area contributed by atoms with E-state index in [0.29, 0.717) is 5.92 Å². The molecule has 2 aliphatic rings. The summed E-state index contributed by atoms with van der Waals surface area (Å²) in [5.41, 5.74) is 1.34. The highest BCUT2D eigenvalue weighted by Gasteiger charge is 2.34. The van der Waals surface area contributed by atoms with E-state index in [-0.39, 0.29) is 0 Å². The van der Waals surface area contributed by atoms with E-state index in [1.807, 2.05) is 12.4 Å². The maximum Gasteiger partial charge on any atom is 0.115 e. The molecule has 3 heteroatoms. The largest absolute Gasteiger partial charge is 0.316 e. The van der Waals surface area contributed by atoms with Crippen LogP contribution in [-0.4, -0.2) is 23.1 Å². The number of rotatable bonds is 1. The van der Waals surface area contributed by atoms with Crippen molar-refractivity contribution in [3.05, 3.63) is 24.3 Å². The normalized spacial score (nSPS) is 35.1. The summed E-state index contributed by atoms with van der Waals surface area (Å²) in [4.78, 5) is 8.27. The van der Waals surface area contributed by atoms with Gasteiger partial charge < -0.3 is 5.32 Å². The minimum atomic E-state index is 0.690. The lowest BCUT2D eigenvalue weighted by molar-refractivity contribution is 0.179. The molecule has 0 radical (unpaired) electrons. The Morgan fingerprint density at radius 2 is 2.00 bits per heavy atom. The number of aromatic nitrogens is 2. The third-order valence-electron chi connectivity index (χ3n) is 3.94. The fraction of sp³-hybridized carbons (Fsp3) is 0.667. The second-order valence-corrected chi connectivity index (χ2v) is 4.88. The smallest absolute Gasteiger partial charge is 0.115 e. The molecule has 80 valence electrons. The van der Waals surface area contributed by atoms with Gasteiger partial charge in [0.05, 0.1) is 0 Å². The van der Waals surface area contributed by atoms with Gasteiger partial charge in [-0.05, 0) is 55.7 Å². The third kappa shape index (κ3) is 1.76. The van der Waals surface area contributed by atoms with Crippen LogP contribution in [0.5, 0.6) is 0 Å². The van der Waals surface area contributed by atoms with Crippen molar-refractivity contribution in [2.24, 2.45) is 11.8 Å². The van der Waals surface area contributed by atoms with Crippen LogP contribution in [-0.2, 0) is 0 Å². The van der Waals surface area contributed by atoms with E-state index in [0.717, 1.165) is 11.8 Å². The molecule has 1 saturated heterocycles. The Balaban J connectivity index is 1.81. The fourth-order valence-electron chi connectivity index (χ4n) is 3.19. The molecule has 3 nitrogen and oxygen atoms in total. The molecule has 3 atom stereocenters. The summed E-state index contributed by atoms with van der Waals surface area (Å²) in [5, 5.41) is 3.55. The van der Waals surface area contributed by atoms with E-state index in [1.54, 1.807) is 6.33 Å². The first kappa shape index (κ1) is 9.28. The van der Waals surface area contributed by atoms with E-state index < -0.39 is 0 Å². The molecule has 2 fully saturated rings. The minimum absolute atomic E-state index is 0.690. The molecule has 0 spiro atoms. The van der Waals surface area contributed by atoms with Crippen LogP contribution in [0.3, 0.4) is 0 Å². The average Bonchev–Trinajstić information content (AvgIpc) is 2.31. The van der Waals surface area contributed by atoms with Crippen LogP contribution in [0.25, 0.3) is 0 Å². The maximum atomic E-state index is 4.13. The van der Waals surface area contributed by atoms with E-state index in [4.69, 9.17) is 0 Å². The fourth-order valence-corrected chi connectivity index (χ4v) is 3.19. The van der Waals surface area contributed by atoms with Crippen molar-refractivity contribution in [1.29, 1.82) is 0 Å². The van der Waals surface area contributed by atoms with Gasteiger partial charge in [0, 0.05) is 12.4 Å². The lowest BCUT2D eigenvalue weighted by Crippen LogP contribution is -2.42. The Morgan fingerprint density at radius 1 is 1.13 bits per heavy atom. The zero-order chi connectivity index (χ0) is 10.1. The lowest BCUT2D eigenvalue weighted by Gasteiger charge is -2.40. The summed E-state index contributed by atoms with van der Waals surface area (Å²) < 4.78 is 0. The van der Waals surface area contributed by atoms with Gasteiger partial charge in [0.25, 0.3) is 0 Å². The zero-order valence-electron chi connectivity index (χ0n) is 8.89. The molecule has 1 aliphatic heterocycles. The molecule has 15 heavy (non-hydrogen) atoms. The van der Waals surface area contributed by atoms with Crippen LogP contribution in [0.15, 0.2) is 18.7 Å². The molecule has 1 aliphatic carbocycles. The summed E-state index contributed by atoms with van der Waals surface area (Å²) in [6, 6.07) is 0. The summed E-state index contributed by atoms with van der Waals surface area (Å²) in [5.74, 6) is 2.42. The van der Waals surface area contributed by atoms with Crippen molar-refractivity contribution in [2.45, 2.75) is 25.2 Å². The molecule has 3 unspecified atom stereocenters. The Morgan fingerprint density at radius 3 is 2.87 bits per heavy atom. The van der Waals surface area contributed by atoms with Gasteiger partial charge in [-0.15, -0.1) is 0 Å². The van der Waals surface area contributed by atoms with Gasteiger partial charge in [0.2, 0.25) is 0 Å². The molecule has 1 saturated carbocycles. The van der Waals surface area contributed by atoms with Gasteiger partial charge in [-0.1, -0.05) is 0 Å². The highest BCUT2D eigenvalue weighted by atomic mass is 14.9. The lowest BCUT2D eigenvalue weighted by atomic mass is 9.70. The Labute approximate surface area is 90.3 Å². The molecule has 1 aromatic heterocycles. The van der Waals surface area contributed by atoms with Gasteiger partial charge in [-0.3, -0.25) is 0 Å². The molecule has 1 aromatic rings. The van der Waals surface area contributed by atoms with Gasteiger partial charge in [-0.2, -0.15) is 0 Å². The molecule has 0 amide bonds. The van der Waals surface area contributed by atoms with E-state index in [9.17, 15) is 0 Å². The monoisotopic (exact) mass is 203 g/mol. The Bertz CT molecular complexity index is 325. The van der Waals surface area contributed by atoms with Gasteiger partial charge in [0.15, 0.2) is 0 Å². The van der Waals surface area contributed by atoms with Crippen molar-refractivity contribution >= 4 is 0 Å². The number of nitrogens with zero attached hydrogens (tertiary/aromatic N) is 2. The predicted molar refractivity (Wildman–Crippen MR) is 58.5 cm³/mol. The molecule has 0 aromatic carbocycles. The van der Waals surface area contributed by atoms with Crippen LogP contribution in [0, 0.1) is 11.8 Å². The summed E-state index contributed by atoms with van der Waals surface area (Å²) in [6.45, 7) is 2.41. The average molecular weight is 203 g/mol. The first-order chi connectivity index (χ1) is 7.43. The van der Waals surface area contributed by atoms with E-state index in [1.165, 1.54) is 37.9 Å². The van der Waals surface area contributed by atoms with E-state index >= 15 is 0 Å². The number of fused-ring (bicyclic) bond motifs is 2. The zero-order valence-corrected chi connectivity index (χ0v) is 8.89. The Hall–Kier alpha value is -0.960. The van der Waals surface area contributed by atoms with Crippen LogP contribution in [0.1, 0.15) is 30.7 Å². The van der Waals surface area contributed by atoms with E-state index in [2.05, 4.69) is 15.3 Å². The number of hydrogen-bond acceptors (Lipinski definition) is 3. The van der Waals surface area contributed by atoms with Gasteiger partial charge in [-0.25, -0.2) is 9.97 Å². The summed E-state index contributed by atoms with van der Waals surface area (Å²) in [7, 11) is 0. The van der Waals surface area contributed by atoms with Crippen molar-refractivity contribution in [3.8, 4) is 0 Å². The number of hydrogen-bond donors (Lipinski definition) is 1. The SMILES string of the molecule is c1ncc(C2CCC3CNCC2C3)cn1. The topological polar surface area (TPSA) is 37.8 Å². The second kappa shape index (κ2) is 3.89. The van der Waals surface area contributed by atoms with Crippen LogP contribution < -0.4 is 5.32 Å². The van der Waals surface area contributed by atoms with Crippen molar-refractivity contribution in [1.82, 2.24) is 15.3 Å². The summed E-state index contributed by atoms with van der Waals surface area (Å²) in [6.07, 6.45) is 9.69. The summed E-state index contributed by atoms with van der Waals surface area (Å²) >= 11 is 0. The van der Waals surface area contributed by atoms with Crippen molar-refractivity contribution in [3.63, 3.8) is 0 Å². The number of piperidine rings is 1. The van der Waals surface area contributed by atoms with Gasteiger partial charge in [0.1, 0.15) is 6.33 Å². The first-order valence-corrected chi connectivity index (χ1v) is 5.89. The highest BCUT2D eigenvalue weighted by molar-refractivity contribution is 5.14. The van der Waals surface area contributed by atoms with Gasteiger partial charge >= 0.3 is 0 Å². The molecule has 2 heterocycles. The maximum absolute atomic E-state index is 4.13. The molecule has 1 N–H and O–H groups in total. The molecular weight excluding hydrogens is 186 g/mol. The predicted octanol–water partition coefficient (Wildman–Crippen LogP) is 1.58. The third-order valence-corrected chi connectivity index (χ3v) is 3.94. The minimum Gasteiger partial charge on any atom is -0.316 e. The second-order valence-electron chi connectivity index (χ2n) is 4.88. The van der Waals surface area contributed by atoms with Crippen LogP contribution in [0.2, 0.25) is 0 Å². The van der Waals surface area contributed by atoms with Crippen molar-refractivity contribution < 1.29 is 0 Å². The van der Waals surface area contributed by atoms with Crippen molar-refractivity contribution in [2.75, 3.05) is 13.1 Å². The van der Waals surface area contributed by atoms with Crippen LogP contribution >= 0.6 is 0 Å². The van der Waals surface area contributed by atoms with Crippen LogP contribution in [0.4, 0.5) is 0 Å². The molecular formula is C12H17N3. The quantitative estimate of drug-likeness (QED) is 0.753. The number of nitrogens with one attached hydrogen (secondary N) is 1. The Kier molecular flexibility index (Phi) is 2.41. The first-order valence-electron chi connectivity index (χ1n) is 5.89. The standard InChI is InChI=1S/C12H17N3/c1-2-12(11-6-14-8-15-7-11)10-3-9(1)4-13-5-10/h6-10,12-13H,1-5H2. The molecule has 2 bridgehead atoms. The molecule has 3 rings (SSSR count).